The maximum Gasteiger partial charge on any atom is 0.247 e. The van der Waals surface area contributed by atoms with Crippen LogP contribution in [0, 0.1) is 0 Å². The van der Waals surface area contributed by atoms with Crippen molar-refractivity contribution in [3.05, 3.63) is 59.6 Å². The first-order chi connectivity index (χ1) is 13.6. The highest BCUT2D eigenvalue weighted by atomic mass is 35.5. The molecule has 146 valence electrons. The second-order valence-corrected chi connectivity index (χ2v) is 7.74. The van der Waals surface area contributed by atoms with E-state index in [-0.39, 0.29) is 24.8 Å². The number of halogens is 1. The molecule has 0 saturated carbocycles. The van der Waals surface area contributed by atoms with Crippen molar-refractivity contribution in [1.82, 2.24) is 0 Å². The number of carbonyl (C=O) groups is 2. The number of rotatable bonds is 6. The first kappa shape index (κ1) is 20.4. The fraction of sp³-hybridized carbons (Fsp3) is 0.250. The van der Waals surface area contributed by atoms with Gasteiger partial charge in [0.1, 0.15) is 5.25 Å². The van der Waals surface area contributed by atoms with Gasteiger partial charge < -0.3 is 10.4 Å². The number of imide groups is 1. The van der Waals surface area contributed by atoms with E-state index in [2.05, 4.69) is 10.3 Å². The summed E-state index contributed by atoms with van der Waals surface area (Å²) in [6.45, 7) is 0.460. The van der Waals surface area contributed by atoms with Gasteiger partial charge in [-0.05, 0) is 36.8 Å². The van der Waals surface area contributed by atoms with Crippen LogP contribution in [0.15, 0.2) is 59.6 Å². The number of hydrogen-bond acceptors (Lipinski definition) is 5. The monoisotopic (exact) mass is 417 g/mol. The van der Waals surface area contributed by atoms with E-state index in [1.165, 1.54) is 16.7 Å². The Balaban J connectivity index is 1.75. The van der Waals surface area contributed by atoms with Crippen molar-refractivity contribution in [3.8, 4) is 0 Å². The van der Waals surface area contributed by atoms with Gasteiger partial charge in [0.2, 0.25) is 11.8 Å². The lowest BCUT2D eigenvalue weighted by Crippen LogP contribution is -2.31. The number of nitrogens with one attached hydrogen (secondary N) is 1. The number of nitrogens with zero attached hydrogens (tertiary/aromatic N) is 2. The summed E-state index contributed by atoms with van der Waals surface area (Å²) in [5.41, 5.74) is 1.31. The van der Waals surface area contributed by atoms with Gasteiger partial charge in [0.05, 0.1) is 5.69 Å². The highest BCUT2D eigenvalue weighted by Crippen LogP contribution is 2.31. The third-order valence-electron chi connectivity index (χ3n) is 4.02. The molecule has 1 atom stereocenters. The van der Waals surface area contributed by atoms with E-state index in [1.54, 1.807) is 24.3 Å². The summed E-state index contributed by atoms with van der Waals surface area (Å²) >= 11 is 7.22. The van der Waals surface area contributed by atoms with Crippen molar-refractivity contribution in [2.24, 2.45) is 4.99 Å². The average Bonchev–Trinajstić information content (AvgIpc) is 2.96. The molecule has 2 aromatic carbocycles. The van der Waals surface area contributed by atoms with Gasteiger partial charge in [0.25, 0.3) is 0 Å². The molecular weight excluding hydrogens is 398 g/mol. The molecule has 1 saturated heterocycles. The SMILES string of the molecule is O=C1CC(SC(=NCCCO)Nc2ccccc2)C(=O)N1c1cccc(Cl)c1. The number of para-hydroxylation sites is 1. The zero-order valence-electron chi connectivity index (χ0n) is 15.0. The normalized spacial score (nSPS) is 17.3. The number of aliphatic hydroxyl groups excluding tert-OH is 1. The van der Waals surface area contributed by atoms with Crippen LogP contribution in [0.5, 0.6) is 0 Å². The van der Waals surface area contributed by atoms with Crippen LogP contribution in [0.3, 0.4) is 0 Å². The quantitative estimate of drug-likeness (QED) is 0.325. The molecule has 2 aromatic rings. The van der Waals surface area contributed by atoms with Crippen LogP contribution in [-0.4, -0.2) is 40.5 Å². The molecule has 28 heavy (non-hydrogen) atoms. The highest BCUT2D eigenvalue weighted by Gasteiger charge is 2.40. The zero-order chi connectivity index (χ0) is 19.9. The number of benzene rings is 2. The summed E-state index contributed by atoms with van der Waals surface area (Å²) in [6.07, 6.45) is 0.609. The highest BCUT2D eigenvalue weighted by molar-refractivity contribution is 8.15. The Labute approximate surface area is 172 Å². The Bertz CT molecular complexity index is 876. The Hall–Kier alpha value is -2.35. The van der Waals surface area contributed by atoms with Crippen LogP contribution in [0.1, 0.15) is 12.8 Å². The van der Waals surface area contributed by atoms with Crippen LogP contribution in [0.4, 0.5) is 11.4 Å². The fourth-order valence-corrected chi connectivity index (χ4v) is 3.95. The van der Waals surface area contributed by atoms with Crippen molar-refractivity contribution in [2.75, 3.05) is 23.4 Å². The van der Waals surface area contributed by atoms with Gasteiger partial charge in [0, 0.05) is 30.3 Å². The van der Waals surface area contributed by atoms with Gasteiger partial charge in [-0.2, -0.15) is 0 Å². The maximum atomic E-state index is 12.9. The van der Waals surface area contributed by atoms with Crippen molar-refractivity contribution in [3.63, 3.8) is 0 Å². The standard InChI is InChI=1S/C20H20ClN3O3S/c21-14-6-4-9-16(12-14)24-18(26)13-17(19(24)27)28-20(22-10-5-11-25)23-15-7-2-1-3-8-15/h1-4,6-9,12,17,25H,5,10-11,13H2,(H,22,23). The Morgan fingerprint density at radius 1 is 1.21 bits per heavy atom. The molecule has 6 nitrogen and oxygen atoms in total. The van der Waals surface area contributed by atoms with E-state index in [0.717, 1.165) is 5.69 Å². The van der Waals surface area contributed by atoms with E-state index < -0.39 is 5.25 Å². The van der Waals surface area contributed by atoms with Crippen molar-refractivity contribution in [1.29, 1.82) is 0 Å². The van der Waals surface area contributed by atoms with Gasteiger partial charge >= 0.3 is 0 Å². The number of aliphatic imine (C=N–C) groups is 1. The van der Waals surface area contributed by atoms with Gasteiger partial charge in [0.15, 0.2) is 5.17 Å². The summed E-state index contributed by atoms with van der Waals surface area (Å²) < 4.78 is 0. The molecule has 0 radical (unpaired) electrons. The molecule has 0 bridgehead atoms. The predicted octanol–water partition coefficient (Wildman–Crippen LogP) is 3.56. The van der Waals surface area contributed by atoms with E-state index >= 15 is 0 Å². The Kier molecular flexibility index (Phi) is 7.08. The molecule has 1 aliphatic rings. The summed E-state index contributed by atoms with van der Waals surface area (Å²) in [4.78, 5) is 31.0. The van der Waals surface area contributed by atoms with Crippen LogP contribution < -0.4 is 10.2 Å². The largest absolute Gasteiger partial charge is 0.396 e. The molecule has 1 fully saturated rings. The molecule has 1 aliphatic heterocycles. The lowest BCUT2D eigenvalue weighted by Gasteiger charge is -2.16. The van der Waals surface area contributed by atoms with E-state index in [1.807, 2.05) is 30.3 Å². The topological polar surface area (TPSA) is 82.0 Å². The lowest BCUT2D eigenvalue weighted by molar-refractivity contribution is -0.121. The first-order valence-electron chi connectivity index (χ1n) is 8.85. The maximum absolute atomic E-state index is 12.9. The number of carbonyl (C=O) groups excluding carboxylic acids is 2. The van der Waals surface area contributed by atoms with Crippen LogP contribution in [0.25, 0.3) is 0 Å². The Morgan fingerprint density at radius 3 is 2.71 bits per heavy atom. The molecule has 0 aliphatic carbocycles. The molecular formula is C20H20ClN3O3S. The fourth-order valence-electron chi connectivity index (χ4n) is 2.72. The van der Waals surface area contributed by atoms with Crippen molar-refractivity contribution >= 4 is 51.7 Å². The van der Waals surface area contributed by atoms with E-state index in [9.17, 15) is 9.59 Å². The van der Waals surface area contributed by atoms with Crippen LogP contribution in [0.2, 0.25) is 5.02 Å². The zero-order valence-corrected chi connectivity index (χ0v) is 16.6. The van der Waals surface area contributed by atoms with Gasteiger partial charge in [-0.15, -0.1) is 0 Å². The van der Waals surface area contributed by atoms with Crippen LogP contribution >= 0.6 is 23.4 Å². The molecule has 1 unspecified atom stereocenters. The van der Waals surface area contributed by atoms with Gasteiger partial charge in [-0.3, -0.25) is 14.6 Å². The summed E-state index contributed by atoms with van der Waals surface area (Å²) in [5, 5.41) is 12.6. The number of hydrogen-bond donors (Lipinski definition) is 2. The summed E-state index contributed by atoms with van der Waals surface area (Å²) in [5.74, 6) is -0.554. The minimum Gasteiger partial charge on any atom is -0.396 e. The van der Waals surface area contributed by atoms with E-state index in [0.29, 0.717) is 28.8 Å². The summed E-state index contributed by atoms with van der Waals surface area (Å²) in [6, 6.07) is 16.2. The second-order valence-electron chi connectivity index (χ2n) is 6.11. The number of thioether (sulfide) groups is 1. The number of aliphatic hydroxyl groups is 1. The number of amides is 2. The number of amidine groups is 1. The Morgan fingerprint density at radius 2 is 2.00 bits per heavy atom. The lowest BCUT2D eigenvalue weighted by atomic mass is 10.3. The minimum absolute atomic E-state index is 0.0379. The first-order valence-corrected chi connectivity index (χ1v) is 10.1. The molecule has 0 aromatic heterocycles. The molecule has 1 heterocycles. The molecule has 2 amide bonds. The van der Waals surface area contributed by atoms with Gasteiger partial charge in [-0.1, -0.05) is 47.6 Å². The van der Waals surface area contributed by atoms with Crippen LogP contribution in [-0.2, 0) is 9.59 Å². The third-order valence-corrected chi connectivity index (χ3v) is 5.36. The van der Waals surface area contributed by atoms with Gasteiger partial charge in [-0.25, -0.2) is 4.90 Å². The second kappa shape index (κ2) is 9.73. The van der Waals surface area contributed by atoms with E-state index in [4.69, 9.17) is 16.7 Å². The smallest absolute Gasteiger partial charge is 0.247 e. The summed E-state index contributed by atoms with van der Waals surface area (Å²) in [7, 11) is 0. The number of anilines is 2. The molecule has 2 N–H and O–H groups in total. The molecule has 0 spiro atoms. The van der Waals surface area contributed by atoms with Crippen molar-refractivity contribution < 1.29 is 14.7 Å². The molecule has 3 rings (SSSR count). The van der Waals surface area contributed by atoms with Crippen molar-refractivity contribution in [2.45, 2.75) is 18.1 Å². The average molecular weight is 418 g/mol. The molecule has 8 heteroatoms. The predicted molar refractivity (Wildman–Crippen MR) is 114 cm³/mol. The minimum atomic E-state index is -0.574. The third kappa shape index (κ3) is 5.13.